The summed E-state index contributed by atoms with van der Waals surface area (Å²) in [5, 5.41) is 6.35. The topological polar surface area (TPSA) is 54.5 Å². The number of hydrogen-bond donors (Lipinski definition) is 1. The van der Waals surface area contributed by atoms with E-state index in [-0.39, 0.29) is 12.0 Å². The van der Waals surface area contributed by atoms with Gasteiger partial charge in [-0.15, -0.1) is 11.3 Å². The molecule has 1 N–H and O–H groups in total. The highest BCUT2D eigenvalue weighted by molar-refractivity contribution is 7.09. The molecule has 21 heavy (non-hydrogen) atoms. The van der Waals surface area contributed by atoms with Gasteiger partial charge in [-0.25, -0.2) is 4.98 Å². The average Bonchev–Trinajstić information content (AvgIpc) is 2.86. The summed E-state index contributed by atoms with van der Waals surface area (Å²) in [4.78, 5) is 18.9. The Morgan fingerprint density at radius 3 is 2.81 bits per heavy atom. The van der Waals surface area contributed by atoms with E-state index in [1.807, 2.05) is 24.1 Å². The molecule has 0 aromatic carbocycles. The van der Waals surface area contributed by atoms with E-state index in [1.54, 1.807) is 11.3 Å². The summed E-state index contributed by atoms with van der Waals surface area (Å²) in [5.74, 6) is 0.163. The first-order valence-corrected chi connectivity index (χ1v) is 8.47. The molecule has 1 aromatic heterocycles. The van der Waals surface area contributed by atoms with Crippen LogP contribution < -0.4 is 5.32 Å². The summed E-state index contributed by atoms with van der Waals surface area (Å²) in [6, 6.07) is 0.698. The minimum Gasteiger partial charge on any atom is -0.372 e. The predicted octanol–water partition coefficient (Wildman–Crippen LogP) is 1.99. The van der Waals surface area contributed by atoms with Gasteiger partial charge in [0.15, 0.2) is 0 Å². The summed E-state index contributed by atoms with van der Waals surface area (Å²) >= 11 is 1.57. The van der Waals surface area contributed by atoms with Crippen molar-refractivity contribution in [3.63, 3.8) is 0 Å². The molecule has 1 aromatic rings. The van der Waals surface area contributed by atoms with Gasteiger partial charge in [-0.05, 0) is 27.7 Å². The maximum absolute atomic E-state index is 12.4. The van der Waals surface area contributed by atoms with Gasteiger partial charge in [-0.3, -0.25) is 4.79 Å². The van der Waals surface area contributed by atoms with Gasteiger partial charge in [0, 0.05) is 37.2 Å². The number of piperazine rings is 1. The lowest BCUT2D eigenvalue weighted by atomic mass is 10.1. The lowest BCUT2D eigenvalue weighted by Gasteiger charge is -2.36. The molecule has 0 radical (unpaired) electrons. The Morgan fingerprint density at radius 1 is 1.52 bits per heavy atom. The second-order valence-electron chi connectivity index (χ2n) is 5.72. The smallest absolute Gasteiger partial charge is 0.228 e. The van der Waals surface area contributed by atoms with Gasteiger partial charge < -0.3 is 15.0 Å². The normalized spacial score (nSPS) is 24.1. The molecular formula is C15H25N3O2S. The lowest BCUT2D eigenvalue weighted by molar-refractivity contribution is -0.132. The highest BCUT2D eigenvalue weighted by Crippen LogP contribution is 2.21. The highest BCUT2D eigenvalue weighted by atomic mass is 32.1. The van der Waals surface area contributed by atoms with Crippen LogP contribution in [0.1, 0.15) is 44.5 Å². The summed E-state index contributed by atoms with van der Waals surface area (Å²) in [5.41, 5.74) is 0.852. The van der Waals surface area contributed by atoms with E-state index in [2.05, 4.69) is 24.1 Å². The fourth-order valence-corrected chi connectivity index (χ4v) is 3.53. The van der Waals surface area contributed by atoms with E-state index >= 15 is 0 Å². The largest absolute Gasteiger partial charge is 0.372 e. The van der Waals surface area contributed by atoms with Crippen molar-refractivity contribution in [1.29, 1.82) is 0 Å². The standard InChI is InChI=1S/C15H25N3O2S/c1-5-20-12(4)15-17-13(9-21-15)6-14(19)18-7-10(2)16-11(3)8-18/h9-12,16H,5-8H2,1-4H3. The third-order valence-electron chi connectivity index (χ3n) is 3.58. The number of aromatic nitrogens is 1. The molecule has 1 aliphatic rings. The van der Waals surface area contributed by atoms with Crippen LogP contribution in [0, 0.1) is 0 Å². The Morgan fingerprint density at radius 2 is 2.19 bits per heavy atom. The van der Waals surface area contributed by atoms with Crippen molar-refractivity contribution >= 4 is 17.2 Å². The minimum absolute atomic E-state index is 0.00285. The van der Waals surface area contributed by atoms with E-state index in [0.717, 1.165) is 23.8 Å². The monoisotopic (exact) mass is 311 g/mol. The van der Waals surface area contributed by atoms with Gasteiger partial charge >= 0.3 is 0 Å². The zero-order valence-electron chi connectivity index (χ0n) is 13.3. The van der Waals surface area contributed by atoms with Gasteiger partial charge in [0.05, 0.1) is 12.1 Å². The number of nitrogens with one attached hydrogen (secondary N) is 1. The minimum atomic E-state index is 0.00285. The van der Waals surface area contributed by atoms with Gasteiger partial charge in [0.1, 0.15) is 11.1 Å². The third-order valence-corrected chi connectivity index (χ3v) is 4.63. The first kappa shape index (κ1) is 16.4. The second-order valence-corrected chi connectivity index (χ2v) is 6.61. The number of nitrogens with zero attached hydrogens (tertiary/aromatic N) is 2. The maximum atomic E-state index is 12.4. The molecule has 2 heterocycles. The van der Waals surface area contributed by atoms with Gasteiger partial charge in [-0.1, -0.05) is 0 Å². The van der Waals surface area contributed by atoms with E-state index < -0.39 is 0 Å². The fourth-order valence-electron chi connectivity index (χ4n) is 2.71. The molecule has 118 valence electrons. The SMILES string of the molecule is CCOC(C)c1nc(CC(=O)N2CC(C)NC(C)C2)cs1. The van der Waals surface area contributed by atoms with Crippen LogP contribution in [0.3, 0.4) is 0 Å². The van der Waals surface area contributed by atoms with Crippen molar-refractivity contribution in [2.45, 2.75) is 52.3 Å². The van der Waals surface area contributed by atoms with E-state index in [1.165, 1.54) is 0 Å². The van der Waals surface area contributed by atoms with Crippen LogP contribution in [0.15, 0.2) is 5.38 Å². The summed E-state index contributed by atoms with van der Waals surface area (Å²) in [6.07, 6.45) is 0.387. The van der Waals surface area contributed by atoms with Crippen molar-refractivity contribution in [2.24, 2.45) is 0 Å². The van der Waals surface area contributed by atoms with Crippen LogP contribution >= 0.6 is 11.3 Å². The van der Waals surface area contributed by atoms with Crippen LogP contribution in [0.4, 0.5) is 0 Å². The van der Waals surface area contributed by atoms with Crippen molar-refractivity contribution in [2.75, 3.05) is 19.7 Å². The van der Waals surface area contributed by atoms with E-state index in [4.69, 9.17) is 4.74 Å². The Bertz CT molecular complexity index is 467. The molecule has 6 heteroatoms. The van der Waals surface area contributed by atoms with Crippen molar-refractivity contribution in [3.8, 4) is 0 Å². The zero-order valence-corrected chi connectivity index (χ0v) is 14.1. The fraction of sp³-hybridized carbons (Fsp3) is 0.733. The highest BCUT2D eigenvalue weighted by Gasteiger charge is 2.25. The van der Waals surface area contributed by atoms with Crippen LogP contribution in [0.5, 0.6) is 0 Å². The molecule has 3 unspecified atom stereocenters. The summed E-state index contributed by atoms with van der Waals surface area (Å²) in [6.45, 7) is 10.4. The summed E-state index contributed by atoms with van der Waals surface area (Å²) in [7, 11) is 0. The van der Waals surface area contributed by atoms with Crippen molar-refractivity contribution < 1.29 is 9.53 Å². The van der Waals surface area contributed by atoms with Gasteiger partial charge in [0.2, 0.25) is 5.91 Å². The molecule has 0 aliphatic carbocycles. The molecule has 1 aliphatic heterocycles. The molecule has 0 saturated carbocycles. The van der Waals surface area contributed by atoms with Gasteiger partial charge in [-0.2, -0.15) is 0 Å². The molecule has 2 rings (SSSR count). The van der Waals surface area contributed by atoms with Crippen LogP contribution in [-0.4, -0.2) is 47.6 Å². The number of thiazole rings is 1. The number of hydrogen-bond acceptors (Lipinski definition) is 5. The Kier molecular flexibility index (Phi) is 5.72. The number of amides is 1. The third kappa shape index (κ3) is 4.49. The first-order valence-electron chi connectivity index (χ1n) is 7.59. The van der Waals surface area contributed by atoms with Crippen LogP contribution in [-0.2, 0) is 16.0 Å². The molecule has 3 atom stereocenters. The Labute approximate surface area is 130 Å². The molecule has 0 bridgehead atoms. The average molecular weight is 311 g/mol. The molecule has 1 saturated heterocycles. The van der Waals surface area contributed by atoms with Crippen molar-refractivity contribution in [3.05, 3.63) is 16.1 Å². The zero-order chi connectivity index (χ0) is 15.4. The molecule has 1 fully saturated rings. The predicted molar refractivity (Wildman–Crippen MR) is 84.5 cm³/mol. The first-order chi connectivity index (χ1) is 9.99. The number of rotatable bonds is 5. The Balaban J connectivity index is 1.93. The van der Waals surface area contributed by atoms with Crippen LogP contribution in [0.2, 0.25) is 0 Å². The lowest BCUT2D eigenvalue weighted by Crippen LogP contribution is -2.56. The molecule has 0 spiro atoms. The van der Waals surface area contributed by atoms with Crippen LogP contribution in [0.25, 0.3) is 0 Å². The molecular weight excluding hydrogens is 286 g/mol. The van der Waals surface area contributed by atoms with E-state index in [0.29, 0.717) is 25.1 Å². The molecule has 5 nitrogen and oxygen atoms in total. The Hall–Kier alpha value is -0.980. The van der Waals surface area contributed by atoms with Gasteiger partial charge in [0.25, 0.3) is 0 Å². The second kappa shape index (κ2) is 7.33. The van der Waals surface area contributed by atoms with E-state index in [9.17, 15) is 4.79 Å². The molecule has 1 amide bonds. The summed E-state index contributed by atoms with van der Waals surface area (Å²) < 4.78 is 5.53. The van der Waals surface area contributed by atoms with Crippen molar-refractivity contribution in [1.82, 2.24) is 15.2 Å². The number of carbonyl (C=O) groups is 1. The number of carbonyl (C=O) groups excluding carboxylic acids is 1. The maximum Gasteiger partial charge on any atom is 0.228 e. The number of ether oxygens (including phenoxy) is 1. The quantitative estimate of drug-likeness (QED) is 0.903.